The Kier molecular flexibility index (Phi) is 2.85. The van der Waals surface area contributed by atoms with Gasteiger partial charge in [-0.2, -0.15) is 11.3 Å². The molecule has 0 fully saturated rings. The molecule has 0 aliphatic rings. The van der Waals surface area contributed by atoms with Gasteiger partial charge in [0.1, 0.15) is 0 Å². The van der Waals surface area contributed by atoms with Crippen LogP contribution in [0.15, 0.2) is 27.7 Å². The Balaban J connectivity index is 2.84. The maximum Gasteiger partial charge on any atom is 0.251 e. The minimum atomic E-state index is -0.515. The fourth-order valence-corrected chi connectivity index (χ4v) is 2.43. The van der Waals surface area contributed by atoms with Crippen LogP contribution < -0.4 is 11.3 Å². The van der Waals surface area contributed by atoms with Crippen molar-refractivity contribution in [3.63, 3.8) is 0 Å². The van der Waals surface area contributed by atoms with Gasteiger partial charge in [-0.1, -0.05) is 0 Å². The zero-order valence-electron chi connectivity index (χ0n) is 9.56. The number of amides is 1. The van der Waals surface area contributed by atoms with Crippen LogP contribution in [0.1, 0.15) is 16.1 Å². The number of nitrogens with zero attached hydrogens (tertiary/aromatic N) is 1. The smallest absolute Gasteiger partial charge is 0.251 e. The van der Waals surface area contributed by atoms with Gasteiger partial charge in [-0.05, 0) is 29.3 Å². The van der Waals surface area contributed by atoms with Crippen molar-refractivity contribution in [1.82, 2.24) is 4.57 Å². The molecule has 5 heteroatoms. The molecule has 2 aromatic heterocycles. The summed E-state index contributed by atoms with van der Waals surface area (Å²) in [5.41, 5.74) is 7.70. The molecule has 88 valence electrons. The molecule has 0 aliphatic heterocycles. The van der Waals surface area contributed by atoms with Gasteiger partial charge in [-0.15, -0.1) is 0 Å². The van der Waals surface area contributed by atoms with E-state index in [9.17, 15) is 9.59 Å². The number of rotatable bonds is 2. The van der Waals surface area contributed by atoms with Crippen molar-refractivity contribution >= 4 is 17.2 Å². The van der Waals surface area contributed by atoms with Crippen molar-refractivity contribution in [1.29, 1.82) is 0 Å². The van der Waals surface area contributed by atoms with Gasteiger partial charge in [0.15, 0.2) is 0 Å². The number of aromatic nitrogens is 1. The molecule has 0 atom stereocenters. The molecule has 0 radical (unpaired) electrons. The van der Waals surface area contributed by atoms with E-state index in [1.165, 1.54) is 22.0 Å². The van der Waals surface area contributed by atoms with Crippen molar-refractivity contribution in [3.05, 3.63) is 44.5 Å². The Hall–Kier alpha value is -1.88. The zero-order valence-corrected chi connectivity index (χ0v) is 10.4. The van der Waals surface area contributed by atoms with Crippen LogP contribution in [0.3, 0.4) is 0 Å². The number of hydrogen-bond donors (Lipinski definition) is 1. The summed E-state index contributed by atoms with van der Waals surface area (Å²) in [5.74, 6) is -0.515. The third kappa shape index (κ3) is 1.89. The average Bonchev–Trinajstić information content (AvgIpc) is 2.77. The summed E-state index contributed by atoms with van der Waals surface area (Å²) in [4.78, 5) is 23.3. The molecule has 2 aromatic rings. The molecular weight excluding hydrogens is 236 g/mol. The molecule has 2 N–H and O–H groups in total. The topological polar surface area (TPSA) is 65.1 Å². The van der Waals surface area contributed by atoms with Crippen molar-refractivity contribution in [2.45, 2.75) is 6.92 Å². The maximum atomic E-state index is 11.7. The number of hydrogen-bond acceptors (Lipinski definition) is 3. The molecule has 1 amide bonds. The van der Waals surface area contributed by atoms with Crippen molar-refractivity contribution in [2.24, 2.45) is 12.8 Å². The Bertz CT molecular complexity index is 627. The summed E-state index contributed by atoms with van der Waals surface area (Å²) < 4.78 is 1.43. The molecule has 0 spiro atoms. The molecule has 0 aliphatic carbocycles. The lowest BCUT2D eigenvalue weighted by molar-refractivity contribution is 0.0999. The van der Waals surface area contributed by atoms with Gasteiger partial charge in [0, 0.05) is 24.4 Å². The van der Waals surface area contributed by atoms with Gasteiger partial charge >= 0.3 is 0 Å². The van der Waals surface area contributed by atoms with Crippen LogP contribution in [-0.2, 0) is 7.05 Å². The molecule has 0 unspecified atom stereocenters. The zero-order chi connectivity index (χ0) is 12.6. The second-order valence-corrected chi connectivity index (χ2v) is 4.57. The summed E-state index contributed by atoms with van der Waals surface area (Å²) >= 11 is 1.51. The van der Waals surface area contributed by atoms with Gasteiger partial charge < -0.3 is 10.3 Å². The van der Waals surface area contributed by atoms with Crippen LogP contribution in [0.25, 0.3) is 11.1 Å². The number of nitrogens with two attached hydrogens (primary N) is 1. The lowest BCUT2D eigenvalue weighted by atomic mass is 10.0. The highest BCUT2D eigenvalue weighted by Crippen LogP contribution is 2.26. The third-order valence-corrected chi connectivity index (χ3v) is 3.49. The fourth-order valence-electron chi connectivity index (χ4n) is 1.78. The number of carbonyl (C=O) groups is 1. The van der Waals surface area contributed by atoms with Crippen molar-refractivity contribution in [2.75, 3.05) is 0 Å². The van der Waals surface area contributed by atoms with E-state index in [1.807, 2.05) is 16.8 Å². The summed E-state index contributed by atoms with van der Waals surface area (Å²) in [5, 5.41) is 3.79. The van der Waals surface area contributed by atoms with Crippen LogP contribution >= 0.6 is 11.3 Å². The largest absolute Gasteiger partial charge is 0.366 e. The molecule has 2 heterocycles. The van der Waals surface area contributed by atoms with Crippen molar-refractivity contribution in [3.8, 4) is 11.1 Å². The van der Waals surface area contributed by atoms with Gasteiger partial charge in [0.05, 0.1) is 5.56 Å². The summed E-state index contributed by atoms with van der Waals surface area (Å²) in [6.45, 7) is 1.72. The van der Waals surface area contributed by atoms with Gasteiger partial charge in [-0.3, -0.25) is 9.59 Å². The normalized spacial score (nSPS) is 10.5. The minimum Gasteiger partial charge on any atom is -0.366 e. The molecule has 2 rings (SSSR count). The molecule has 17 heavy (non-hydrogen) atoms. The highest BCUT2D eigenvalue weighted by Gasteiger charge is 2.16. The van der Waals surface area contributed by atoms with Crippen LogP contribution in [-0.4, -0.2) is 10.5 Å². The number of pyridine rings is 1. The standard InChI is InChI=1S/C12H12N2O2S/c1-7-11(12(13)16)9(5-10(15)14(7)2)8-3-4-17-6-8/h3-6H,1-2H3,(H2,13,16). The van der Waals surface area contributed by atoms with E-state index < -0.39 is 5.91 Å². The molecule has 0 aromatic carbocycles. The number of carbonyl (C=O) groups excluding carboxylic acids is 1. The molecule has 0 saturated heterocycles. The van der Waals surface area contributed by atoms with Crippen LogP contribution in [0, 0.1) is 6.92 Å². The quantitative estimate of drug-likeness (QED) is 0.875. The predicted molar refractivity (Wildman–Crippen MR) is 68.3 cm³/mol. The number of thiophene rings is 1. The highest BCUT2D eigenvalue weighted by molar-refractivity contribution is 7.08. The van der Waals surface area contributed by atoms with Crippen molar-refractivity contribution < 1.29 is 4.79 Å². The molecule has 0 bridgehead atoms. The first kappa shape index (κ1) is 11.6. The second-order valence-electron chi connectivity index (χ2n) is 3.79. The van der Waals surface area contributed by atoms with E-state index in [-0.39, 0.29) is 5.56 Å². The van der Waals surface area contributed by atoms with Gasteiger partial charge in [0.25, 0.3) is 11.5 Å². The number of primary amides is 1. The molecular formula is C12H12N2O2S. The fraction of sp³-hybridized carbons (Fsp3) is 0.167. The van der Waals surface area contributed by atoms with E-state index in [1.54, 1.807) is 14.0 Å². The Morgan fingerprint density at radius 1 is 1.47 bits per heavy atom. The first-order chi connectivity index (χ1) is 8.02. The van der Waals surface area contributed by atoms with E-state index >= 15 is 0 Å². The maximum absolute atomic E-state index is 11.7. The Labute approximate surface area is 102 Å². The second kappa shape index (κ2) is 4.18. The molecule has 0 saturated carbocycles. The predicted octanol–water partition coefficient (Wildman–Crippen LogP) is 1.52. The summed E-state index contributed by atoms with van der Waals surface area (Å²) in [6, 6.07) is 3.32. The SMILES string of the molecule is Cc1c(C(N)=O)c(-c2ccsc2)cc(=O)n1C. The monoisotopic (exact) mass is 248 g/mol. The lowest BCUT2D eigenvalue weighted by Crippen LogP contribution is -2.25. The molecule has 4 nitrogen and oxygen atoms in total. The lowest BCUT2D eigenvalue weighted by Gasteiger charge is -2.12. The van der Waals surface area contributed by atoms with E-state index in [4.69, 9.17) is 5.73 Å². The first-order valence-electron chi connectivity index (χ1n) is 5.05. The average molecular weight is 248 g/mol. The summed E-state index contributed by atoms with van der Waals surface area (Å²) in [7, 11) is 1.63. The van der Waals surface area contributed by atoms with Crippen LogP contribution in [0.4, 0.5) is 0 Å². The summed E-state index contributed by atoms with van der Waals surface area (Å²) in [6.07, 6.45) is 0. The Morgan fingerprint density at radius 2 is 2.18 bits per heavy atom. The van der Waals surface area contributed by atoms with Gasteiger partial charge in [-0.25, -0.2) is 0 Å². The van der Waals surface area contributed by atoms with Crippen LogP contribution in [0.5, 0.6) is 0 Å². The van der Waals surface area contributed by atoms with E-state index in [2.05, 4.69) is 0 Å². The first-order valence-corrected chi connectivity index (χ1v) is 5.99. The Morgan fingerprint density at radius 3 is 2.71 bits per heavy atom. The van der Waals surface area contributed by atoms with E-state index in [0.717, 1.165) is 5.56 Å². The van der Waals surface area contributed by atoms with Crippen LogP contribution in [0.2, 0.25) is 0 Å². The van der Waals surface area contributed by atoms with Gasteiger partial charge in [0.2, 0.25) is 0 Å². The van der Waals surface area contributed by atoms with E-state index in [0.29, 0.717) is 16.8 Å². The highest BCUT2D eigenvalue weighted by atomic mass is 32.1. The third-order valence-electron chi connectivity index (χ3n) is 2.81. The minimum absolute atomic E-state index is 0.145.